The van der Waals surface area contributed by atoms with E-state index in [4.69, 9.17) is 4.98 Å². The van der Waals surface area contributed by atoms with Gasteiger partial charge in [-0.2, -0.15) is 0 Å². The Morgan fingerprint density at radius 1 is 0.720 bits per heavy atom. The summed E-state index contributed by atoms with van der Waals surface area (Å²) in [5.74, 6) is 2.36. The highest BCUT2D eigenvalue weighted by atomic mass is 15.1. The van der Waals surface area contributed by atoms with Gasteiger partial charge in [0.1, 0.15) is 11.6 Å². The number of nitrogens with one attached hydrogen (secondary N) is 2. The lowest BCUT2D eigenvalue weighted by atomic mass is 10.1. The number of nitrogens with zero attached hydrogens (tertiary/aromatic N) is 2. The lowest BCUT2D eigenvalue weighted by molar-refractivity contribution is 0.866. The van der Waals surface area contributed by atoms with Crippen molar-refractivity contribution >= 4 is 11.6 Å². The fourth-order valence-corrected chi connectivity index (χ4v) is 2.65. The van der Waals surface area contributed by atoms with E-state index in [0.29, 0.717) is 11.9 Å². The molecule has 128 valence electrons. The van der Waals surface area contributed by atoms with Crippen molar-refractivity contribution in [3.63, 3.8) is 0 Å². The van der Waals surface area contributed by atoms with Gasteiger partial charge in [0.05, 0.1) is 0 Å². The van der Waals surface area contributed by atoms with Crippen LogP contribution in [0, 0.1) is 0 Å². The van der Waals surface area contributed by atoms with Gasteiger partial charge in [0.15, 0.2) is 5.82 Å². The van der Waals surface area contributed by atoms with Crippen LogP contribution in [0.2, 0.25) is 0 Å². The quantitative estimate of drug-likeness (QED) is 0.656. The Labute approximate surface area is 149 Å². The molecule has 0 saturated heterocycles. The largest absolute Gasteiger partial charge is 0.368 e. The predicted molar refractivity (Wildman–Crippen MR) is 105 cm³/mol. The van der Waals surface area contributed by atoms with Gasteiger partial charge in [-0.1, -0.05) is 60.7 Å². The zero-order chi connectivity index (χ0) is 17.6. The summed E-state index contributed by atoms with van der Waals surface area (Å²) < 4.78 is 0. The third kappa shape index (κ3) is 4.57. The van der Waals surface area contributed by atoms with Gasteiger partial charge in [0, 0.05) is 23.7 Å². The number of benzene rings is 2. The molecule has 1 aromatic heterocycles. The van der Waals surface area contributed by atoms with E-state index in [1.807, 2.05) is 42.5 Å². The average molecular weight is 332 g/mol. The van der Waals surface area contributed by atoms with Crippen molar-refractivity contribution in [2.24, 2.45) is 0 Å². The fraction of sp³-hybridized carbons (Fsp3) is 0.238. The molecule has 1 atom stereocenters. The van der Waals surface area contributed by atoms with Gasteiger partial charge in [-0.15, -0.1) is 0 Å². The molecule has 0 aliphatic carbocycles. The summed E-state index contributed by atoms with van der Waals surface area (Å²) in [6.07, 6.45) is 0. The second-order valence-electron chi connectivity index (χ2n) is 6.40. The molecule has 0 spiro atoms. The van der Waals surface area contributed by atoms with E-state index in [0.717, 1.165) is 17.2 Å². The van der Waals surface area contributed by atoms with Crippen molar-refractivity contribution in [2.75, 3.05) is 10.6 Å². The minimum absolute atomic E-state index is 0.159. The van der Waals surface area contributed by atoms with Gasteiger partial charge in [0.2, 0.25) is 0 Å². The maximum atomic E-state index is 4.71. The van der Waals surface area contributed by atoms with Gasteiger partial charge in [0.25, 0.3) is 0 Å². The van der Waals surface area contributed by atoms with Crippen LogP contribution in [0.25, 0.3) is 11.4 Å². The first-order valence-electron chi connectivity index (χ1n) is 8.64. The standard InChI is InChI=1S/C21H24N4/c1-15(2)22-19-14-20(23-16(3)17-10-6-4-7-11-17)25-21(24-19)18-12-8-5-9-13-18/h4-16H,1-3H3,(H2,22,23,24,25). The van der Waals surface area contributed by atoms with E-state index < -0.39 is 0 Å². The first kappa shape index (κ1) is 17.0. The Morgan fingerprint density at radius 2 is 1.28 bits per heavy atom. The summed E-state index contributed by atoms with van der Waals surface area (Å²) in [5.41, 5.74) is 2.23. The molecule has 0 amide bonds. The molecule has 1 unspecified atom stereocenters. The molecule has 1 heterocycles. The van der Waals surface area contributed by atoms with Crippen LogP contribution >= 0.6 is 0 Å². The smallest absolute Gasteiger partial charge is 0.163 e. The highest BCUT2D eigenvalue weighted by Gasteiger charge is 2.11. The second-order valence-corrected chi connectivity index (χ2v) is 6.40. The Morgan fingerprint density at radius 3 is 1.88 bits per heavy atom. The molecule has 3 rings (SSSR count). The molecule has 0 bridgehead atoms. The average Bonchev–Trinajstić information content (AvgIpc) is 2.62. The van der Waals surface area contributed by atoms with Crippen molar-refractivity contribution in [3.8, 4) is 11.4 Å². The van der Waals surface area contributed by atoms with Crippen molar-refractivity contribution < 1.29 is 0 Å². The molecule has 4 heteroatoms. The highest BCUT2D eigenvalue weighted by molar-refractivity contribution is 5.61. The molecule has 0 fully saturated rings. The summed E-state index contributed by atoms with van der Waals surface area (Å²) >= 11 is 0. The lowest BCUT2D eigenvalue weighted by Gasteiger charge is -2.17. The van der Waals surface area contributed by atoms with Crippen LogP contribution in [0.1, 0.15) is 32.4 Å². The zero-order valence-electron chi connectivity index (χ0n) is 14.9. The Bertz CT molecular complexity index is 801. The number of anilines is 2. The highest BCUT2D eigenvalue weighted by Crippen LogP contribution is 2.23. The lowest BCUT2D eigenvalue weighted by Crippen LogP contribution is -2.14. The van der Waals surface area contributed by atoms with Crippen molar-refractivity contribution in [1.82, 2.24) is 9.97 Å². The third-order valence-electron chi connectivity index (χ3n) is 3.86. The predicted octanol–water partition coefficient (Wildman–Crippen LogP) is 5.14. The van der Waals surface area contributed by atoms with Gasteiger partial charge >= 0.3 is 0 Å². The molecule has 2 aromatic carbocycles. The molecule has 4 nitrogen and oxygen atoms in total. The molecular weight excluding hydrogens is 308 g/mol. The first-order valence-corrected chi connectivity index (χ1v) is 8.64. The normalized spacial score (nSPS) is 12.0. The van der Waals surface area contributed by atoms with Crippen LogP contribution in [0.3, 0.4) is 0 Å². The summed E-state index contributed by atoms with van der Waals surface area (Å²) in [7, 11) is 0. The van der Waals surface area contributed by atoms with E-state index in [-0.39, 0.29) is 6.04 Å². The topological polar surface area (TPSA) is 49.8 Å². The molecule has 25 heavy (non-hydrogen) atoms. The van der Waals surface area contributed by atoms with E-state index in [1.165, 1.54) is 5.56 Å². The van der Waals surface area contributed by atoms with Crippen LogP contribution in [0.5, 0.6) is 0 Å². The second kappa shape index (κ2) is 7.79. The molecule has 2 N–H and O–H groups in total. The van der Waals surface area contributed by atoms with Crippen LogP contribution in [0.15, 0.2) is 66.7 Å². The maximum absolute atomic E-state index is 4.71. The monoisotopic (exact) mass is 332 g/mol. The molecule has 0 radical (unpaired) electrons. The van der Waals surface area contributed by atoms with Crippen LogP contribution in [-0.4, -0.2) is 16.0 Å². The van der Waals surface area contributed by atoms with Crippen LogP contribution < -0.4 is 10.6 Å². The van der Waals surface area contributed by atoms with Crippen molar-refractivity contribution in [3.05, 3.63) is 72.3 Å². The summed E-state index contributed by atoms with van der Waals surface area (Å²) in [6, 6.07) is 22.8. The Kier molecular flexibility index (Phi) is 5.29. The van der Waals surface area contributed by atoms with E-state index in [2.05, 4.69) is 60.7 Å². The summed E-state index contributed by atoms with van der Waals surface area (Å²) in [5, 5.41) is 6.87. The maximum Gasteiger partial charge on any atom is 0.163 e. The minimum atomic E-state index is 0.159. The third-order valence-corrected chi connectivity index (χ3v) is 3.86. The Balaban J connectivity index is 1.92. The van der Waals surface area contributed by atoms with Crippen LogP contribution in [-0.2, 0) is 0 Å². The molecule has 0 saturated carbocycles. The fourth-order valence-electron chi connectivity index (χ4n) is 2.65. The number of aromatic nitrogens is 2. The van der Waals surface area contributed by atoms with E-state index in [1.54, 1.807) is 0 Å². The Hall–Kier alpha value is -2.88. The molecule has 3 aromatic rings. The van der Waals surface area contributed by atoms with Crippen molar-refractivity contribution in [2.45, 2.75) is 32.9 Å². The number of hydrogen-bond donors (Lipinski definition) is 2. The zero-order valence-corrected chi connectivity index (χ0v) is 14.9. The first-order chi connectivity index (χ1) is 12.1. The molecule has 0 aliphatic rings. The van der Waals surface area contributed by atoms with E-state index >= 15 is 0 Å². The SMILES string of the molecule is CC(C)Nc1cc(NC(C)c2ccccc2)nc(-c2ccccc2)n1. The molecule has 0 aliphatic heterocycles. The van der Waals surface area contributed by atoms with Crippen molar-refractivity contribution in [1.29, 1.82) is 0 Å². The van der Waals surface area contributed by atoms with Gasteiger partial charge < -0.3 is 10.6 Å². The van der Waals surface area contributed by atoms with Gasteiger partial charge in [-0.25, -0.2) is 9.97 Å². The minimum Gasteiger partial charge on any atom is -0.368 e. The number of hydrogen-bond acceptors (Lipinski definition) is 4. The number of rotatable bonds is 6. The molecular formula is C21H24N4. The summed E-state index contributed by atoms with van der Waals surface area (Å²) in [4.78, 5) is 9.38. The van der Waals surface area contributed by atoms with E-state index in [9.17, 15) is 0 Å². The van der Waals surface area contributed by atoms with Gasteiger partial charge in [-0.05, 0) is 26.3 Å². The summed E-state index contributed by atoms with van der Waals surface area (Å²) in [6.45, 7) is 6.34. The van der Waals surface area contributed by atoms with Crippen LogP contribution in [0.4, 0.5) is 11.6 Å². The van der Waals surface area contributed by atoms with Gasteiger partial charge in [-0.3, -0.25) is 0 Å².